The molecule has 0 radical (unpaired) electrons. The van der Waals surface area contributed by atoms with E-state index in [1.165, 1.54) is 17.5 Å². The Morgan fingerprint density at radius 1 is 1.35 bits per heavy atom. The van der Waals surface area contributed by atoms with Gasteiger partial charge in [-0.05, 0) is 24.8 Å². The fourth-order valence-corrected chi connectivity index (χ4v) is 3.00. The van der Waals surface area contributed by atoms with Crippen molar-refractivity contribution in [3.63, 3.8) is 0 Å². The van der Waals surface area contributed by atoms with Crippen LogP contribution in [0.1, 0.15) is 19.6 Å². The number of hydrogen-bond donors (Lipinski definition) is 2. The smallest absolute Gasteiger partial charge is 0.350 e. The molecule has 2 heterocycles. The van der Waals surface area contributed by atoms with Crippen LogP contribution >= 0.6 is 22.7 Å². The number of hydrogen-bond acceptors (Lipinski definition) is 7. The Kier molecular flexibility index (Phi) is 6.24. The molecule has 0 spiro atoms. The number of amides is 3. The summed E-state index contributed by atoms with van der Waals surface area (Å²) in [5, 5.41) is 7.34. The van der Waals surface area contributed by atoms with Crippen LogP contribution in [-0.2, 0) is 16.0 Å². The summed E-state index contributed by atoms with van der Waals surface area (Å²) in [7, 11) is 0. The number of carbonyl (C=O) groups excluding carboxylic acids is 3. The van der Waals surface area contributed by atoms with Gasteiger partial charge in [0.1, 0.15) is 4.88 Å². The molecule has 0 aliphatic rings. The van der Waals surface area contributed by atoms with Gasteiger partial charge in [0.25, 0.3) is 5.91 Å². The minimum absolute atomic E-state index is 0.315. The van der Waals surface area contributed by atoms with Gasteiger partial charge in [0.2, 0.25) is 0 Å². The summed E-state index contributed by atoms with van der Waals surface area (Å²) in [6.07, 6.45) is 2.08. The fraction of sp³-hybridized carbons (Fsp3) is 0.286. The number of aromatic nitrogens is 1. The molecule has 0 bridgehead atoms. The van der Waals surface area contributed by atoms with Crippen LogP contribution in [0, 0.1) is 6.92 Å². The van der Waals surface area contributed by atoms with Crippen molar-refractivity contribution in [1.29, 1.82) is 0 Å². The first-order valence-corrected chi connectivity index (χ1v) is 8.44. The Hall–Kier alpha value is -2.26. The van der Waals surface area contributed by atoms with Crippen molar-refractivity contribution in [2.75, 3.05) is 13.2 Å². The summed E-state index contributed by atoms with van der Waals surface area (Å²) < 4.78 is 4.81. The van der Waals surface area contributed by atoms with Crippen LogP contribution in [0.5, 0.6) is 0 Å². The number of aryl methyl sites for hydroxylation is 1. The van der Waals surface area contributed by atoms with Crippen molar-refractivity contribution in [2.45, 2.75) is 13.3 Å². The third kappa shape index (κ3) is 5.80. The van der Waals surface area contributed by atoms with E-state index in [1.54, 1.807) is 18.3 Å². The molecule has 2 aromatic rings. The highest BCUT2D eigenvalue weighted by Gasteiger charge is 2.14. The molecule has 9 heteroatoms. The number of thiophene rings is 1. The van der Waals surface area contributed by atoms with E-state index in [4.69, 9.17) is 4.74 Å². The Labute approximate surface area is 140 Å². The third-order valence-electron chi connectivity index (χ3n) is 2.65. The molecular weight excluding hydrogens is 338 g/mol. The van der Waals surface area contributed by atoms with Gasteiger partial charge in [-0.3, -0.25) is 10.1 Å². The molecule has 7 nitrogen and oxygen atoms in total. The topological polar surface area (TPSA) is 97.4 Å². The molecule has 0 saturated heterocycles. The Morgan fingerprint density at radius 3 is 2.83 bits per heavy atom. The summed E-state index contributed by atoms with van der Waals surface area (Å²) in [5.74, 6) is -1.32. The number of esters is 1. The minimum atomic E-state index is -0.687. The summed E-state index contributed by atoms with van der Waals surface area (Å²) in [6.45, 7) is 1.66. The number of rotatable bonds is 6. The molecule has 2 rings (SSSR count). The maximum absolute atomic E-state index is 11.6. The van der Waals surface area contributed by atoms with E-state index < -0.39 is 24.5 Å². The molecule has 0 aromatic carbocycles. The number of thiazole rings is 1. The van der Waals surface area contributed by atoms with Gasteiger partial charge in [-0.25, -0.2) is 14.6 Å². The van der Waals surface area contributed by atoms with E-state index in [2.05, 4.69) is 15.6 Å². The van der Waals surface area contributed by atoms with Gasteiger partial charge < -0.3 is 10.1 Å². The first-order chi connectivity index (χ1) is 11.0. The molecular formula is C14H15N3O4S2. The van der Waals surface area contributed by atoms with Crippen LogP contribution in [0.2, 0.25) is 0 Å². The number of ether oxygens (including phenoxy) is 1. The number of nitrogens with zero attached hydrogens (tertiary/aromatic N) is 1. The largest absolute Gasteiger partial charge is 0.451 e. The SMILES string of the molecule is Cc1ncc(C(=O)OCC(=O)NC(=O)NCCc2cccs2)s1. The molecule has 3 amide bonds. The molecule has 0 atom stereocenters. The second-order valence-electron chi connectivity index (χ2n) is 4.45. The van der Waals surface area contributed by atoms with Gasteiger partial charge in [0.05, 0.1) is 11.2 Å². The molecule has 0 aliphatic carbocycles. The number of carbonyl (C=O) groups is 3. The van der Waals surface area contributed by atoms with Crippen molar-refractivity contribution in [3.05, 3.63) is 38.5 Å². The van der Waals surface area contributed by atoms with Crippen LogP contribution in [-0.4, -0.2) is 36.0 Å². The zero-order valence-corrected chi connectivity index (χ0v) is 14.0. The second kappa shape index (κ2) is 8.39. The van der Waals surface area contributed by atoms with E-state index in [1.807, 2.05) is 17.5 Å². The first-order valence-electron chi connectivity index (χ1n) is 6.74. The summed E-state index contributed by atoms with van der Waals surface area (Å²) in [4.78, 5) is 40.0. The van der Waals surface area contributed by atoms with Gasteiger partial charge in [0, 0.05) is 11.4 Å². The minimum Gasteiger partial charge on any atom is -0.451 e. The van der Waals surface area contributed by atoms with Crippen LogP contribution in [0.3, 0.4) is 0 Å². The van der Waals surface area contributed by atoms with Gasteiger partial charge in [0.15, 0.2) is 6.61 Å². The monoisotopic (exact) mass is 353 g/mol. The van der Waals surface area contributed by atoms with Crippen LogP contribution in [0.4, 0.5) is 4.79 Å². The van der Waals surface area contributed by atoms with Crippen molar-refractivity contribution >= 4 is 40.6 Å². The van der Waals surface area contributed by atoms with Crippen molar-refractivity contribution in [3.8, 4) is 0 Å². The van der Waals surface area contributed by atoms with Crippen LogP contribution < -0.4 is 10.6 Å². The lowest BCUT2D eigenvalue weighted by Gasteiger charge is -2.06. The number of urea groups is 1. The summed E-state index contributed by atoms with van der Waals surface area (Å²) >= 11 is 2.77. The predicted molar refractivity (Wildman–Crippen MR) is 86.7 cm³/mol. The predicted octanol–water partition coefficient (Wildman–Crippen LogP) is 1.74. The normalized spacial score (nSPS) is 10.1. The first kappa shape index (κ1) is 17.1. The van der Waals surface area contributed by atoms with E-state index in [0.29, 0.717) is 17.8 Å². The average molecular weight is 353 g/mol. The van der Waals surface area contributed by atoms with E-state index in [9.17, 15) is 14.4 Å². The van der Waals surface area contributed by atoms with Gasteiger partial charge >= 0.3 is 12.0 Å². The van der Waals surface area contributed by atoms with E-state index >= 15 is 0 Å². The number of imide groups is 1. The molecule has 0 aliphatic heterocycles. The maximum atomic E-state index is 11.6. The lowest BCUT2D eigenvalue weighted by molar-refractivity contribution is -0.123. The zero-order chi connectivity index (χ0) is 16.7. The van der Waals surface area contributed by atoms with Gasteiger partial charge in [-0.2, -0.15) is 0 Å². The maximum Gasteiger partial charge on any atom is 0.350 e. The molecule has 122 valence electrons. The van der Waals surface area contributed by atoms with Crippen molar-refractivity contribution in [2.24, 2.45) is 0 Å². The van der Waals surface area contributed by atoms with Crippen LogP contribution in [0.25, 0.3) is 0 Å². The average Bonchev–Trinajstić information content (AvgIpc) is 3.16. The molecule has 2 aromatic heterocycles. The van der Waals surface area contributed by atoms with Gasteiger partial charge in [-0.15, -0.1) is 22.7 Å². The lowest BCUT2D eigenvalue weighted by atomic mass is 10.3. The second-order valence-corrected chi connectivity index (χ2v) is 6.72. The molecule has 2 N–H and O–H groups in total. The highest BCUT2D eigenvalue weighted by atomic mass is 32.1. The Bertz CT molecular complexity index is 682. The van der Waals surface area contributed by atoms with Crippen LogP contribution in [0.15, 0.2) is 23.7 Å². The molecule has 23 heavy (non-hydrogen) atoms. The molecule has 0 unspecified atom stereocenters. The van der Waals surface area contributed by atoms with Gasteiger partial charge in [-0.1, -0.05) is 6.07 Å². The summed E-state index contributed by atoms with van der Waals surface area (Å²) in [6, 6.07) is 3.29. The summed E-state index contributed by atoms with van der Waals surface area (Å²) in [5.41, 5.74) is 0. The quantitative estimate of drug-likeness (QED) is 0.771. The highest BCUT2D eigenvalue weighted by molar-refractivity contribution is 7.13. The fourth-order valence-electron chi connectivity index (χ4n) is 1.62. The van der Waals surface area contributed by atoms with Crippen molar-refractivity contribution < 1.29 is 19.1 Å². The molecule has 0 fully saturated rings. The van der Waals surface area contributed by atoms with Crippen molar-refractivity contribution in [1.82, 2.24) is 15.6 Å². The van der Waals surface area contributed by atoms with E-state index in [-0.39, 0.29) is 0 Å². The lowest BCUT2D eigenvalue weighted by Crippen LogP contribution is -2.42. The number of nitrogens with one attached hydrogen (secondary N) is 2. The van der Waals surface area contributed by atoms with E-state index in [0.717, 1.165) is 9.88 Å². The Balaban J connectivity index is 1.63. The highest BCUT2D eigenvalue weighted by Crippen LogP contribution is 2.12. The molecule has 0 saturated carbocycles. The third-order valence-corrected chi connectivity index (χ3v) is 4.48. The standard InChI is InChI=1S/C14H15N3O4S2/c1-9-16-7-11(23-9)13(19)21-8-12(18)17-14(20)15-5-4-10-3-2-6-22-10/h2-3,6-7H,4-5,8H2,1H3,(H2,15,17,18,20). The zero-order valence-electron chi connectivity index (χ0n) is 12.3. The Morgan fingerprint density at radius 2 is 2.17 bits per heavy atom.